The predicted octanol–water partition coefficient (Wildman–Crippen LogP) is 0.533. The standard InChI is InChI=1S/C35H36N4O6.Mg/c1-7-18-15(3)22-11-26-19(8-2)21(14-40)27(37-26)12-23-16(4)20(9-10-28(41)42)32(38-23)30-31(35(44)45-6)34(43)29-17(5)24(39-33(29)30)13-25(18)36-22;/h8,11-14,16,20,31-32H,2,7,9-10H2,1,3-6H3,(H4,37,38,40,41,42,43);/q-2;+2/p-1/b22-11-,25-13-;/t16-,20-,31+,32?;/m0./s1. The molecular formula is C35H35MgN4O6-. The summed E-state index contributed by atoms with van der Waals surface area (Å²) in [7, 11) is 1.27. The molecule has 0 amide bonds. The van der Waals surface area contributed by atoms with Crippen LogP contribution < -0.4 is 41.5 Å². The van der Waals surface area contributed by atoms with Gasteiger partial charge in [0.05, 0.1) is 13.2 Å². The van der Waals surface area contributed by atoms with Crippen LogP contribution in [0.15, 0.2) is 12.3 Å². The van der Waals surface area contributed by atoms with E-state index in [4.69, 9.17) is 19.7 Å². The zero-order valence-electron chi connectivity index (χ0n) is 26.6. The van der Waals surface area contributed by atoms with Crippen LogP contribution in [0, 0.1) is 31.6 Å². The van der Waals surface area contributed by atoms with Crippen molar-refractivity contribution < 1.29 is 29.3 Å². The third kappa shape index (κ3) is 5.05. The third-order valence-electron chi connectivity index (χ3n) is 9.67. The Morgan fingerprint density at radius 3 is 2.37 bits per heavy atom. The number of methoxy groups -OCH3 is 1. The molecular weight excluding hydrogens is 597 g/mol. The number of esters is 1. The van der Waals surface area contributed by atoms with Gasteiger partial charge in [0.1, 0.15) is 18.0 Å². The number of carbonyl (C=O) groups is 3. The number of allylic oxidation sites excluding steroid dienone is 1. The number of fused-ring (bicyclic) bond motifs is 8. The van der Waals surface area contributed by atoms with Crippen molar-refractivity contribution in [3.63, 3.8) is 0 Å². The molecule has 0 saturated carbocycles. The molecule has 0 aromatic carbocycles. The van der Waals surface area contributed by atoms with Crippen molar-refractivity contribution >= 4 is 76.9 Å². The van der Waals surface area contributed by atoms with Gasteiger partial charge in [-0.05, 0) is 43.7 Å². The summed E-state index contributed by atoms with van der Waals surface area (Å²) >= 11 is 0. The first kappa shape index (κ1) is 33.1. The molecule has 3 aliphatic rings. The Morgan fingerprint density at radius 1 is 1.04 bits per heavy atom. The van der Waals surface area contributed by atoms with E-state index in [9.17, 15) is 24.6 Å². The minimum Gasteiger partial charge on any atom is -0.657 e. The summed E-state index contributed by atoms with van der Waals surface area (Å²) in [5.74, 6) is -3.32. The van der Waals surface area contributed by atoms with Crippen molar-refractivity contribution in [3.8, 4) is 0 Å². The van der Waals surface area contributed by atoms with Gasteiger partial charge < -0.3 is 35.2 Å². The second-order valence-corrected chi connectivity index (χ2v) is 11.9. The number of carbonyl (C=O) groups excluding carboxylic acids is 2. The minimum atomic E-state index is -1.11. The van der Waals surface area contributed by atoms with Gasteiger partial charge in [0.25, 0.3) is 0 Å². The number of hydrogen-bond acceptors (Lipinski definition) is 6. The summed E-state index contributed by atoms with van der Waals surface area (Å²) in [5.41, 5.74) is 6.58. The summed E-state index contributed by atoms with van der Waals surface area (Å²) in [5, 5.41) is 27.1. The summed E-state index contributed by atoms with van der Waals surface area (Å²) in [6.07, 6.45) is 8.86. The molecule has 3 N–H and O–H groups in total. The first-order valence-corrected chi connectivity index (χ1v) is 15.1. The van der Waals surface area contributed by atoms with Gasteiger partial charge >= 0.3 is 35.0 Å². The van der Waals surface area contributed by atoms with E-state index in [0.29, 0.717) is 68.1 Å². The molecule has 6 rings (SSSR count). The largest absolute Gasteiger partial charge is 2.00 e. The van der Waals surface area contributed by atoms with Gasteiger partial charge in [0.2, 0.25) is 0 Å². The number of aliphatic hydroxyl groups excluding tert-OH is 1. The van der Waals surface area contributed by atoms with Crippen molar-refractivity contribution in [2.24, 2.45) is 17.8 Å². The topological polar surface area (TPSA) is 155 Å². The predicted molar refractivity (Wildman–Crippen MR) is 174 cm³/mol. The normalized spacial score (nSPS) is 23.6. The number of aromatic nitrogens is 3. The van der Waals surface area contributed by atoms with Crippen molar-refractivity contribution in [2.45, 2.75) is 53.0 Å². The van der Waals surface area contributed by atoms with E-state index in [1.54, 1.807) is 6.08 Å². The summed E-state index contributed by atoms with van der Waals surface area (Å²) in [6, 6.07) is -0.565. The van der Waals surface area contributed by atoms with E-state index in [1.165, 1.54) is 7.11 Å². The molecule has 0 spiro atoms. The molecule has 3 aromatic rings. The molecule has 1 saturated heterocycles. The molecule has 5 heterocycles. The molecule has 8 bridgehead atoms. The van der Waals surface area contributed by atoms with Gasteiger partial charge in [0.15, 0.2) is 0 Å². The molecule has 11 heteroatoms. The van der Waals surface area contributed by atoms with Crippen LogP contribution >= 0.6 is 0 Å². The summed E-state index contributed by atoms with van der Waals surface area (Å²) in [4.78, 5) is 52.2. The fourth-order valence-corrected chi connectivity index (χ4v) is 7.29. The Labute approximate surface area is 281 Å². The molecule has 46 heavy (non-hydrogen) atoms. The van der Waals surface area contributed by atoms with Crippen LogP contribution in [0.5, 0.6) is 0 Å². The SMILES string of the molecule is C=Cc1c2[n-]c(c1C=O)/C=C1\NC(C3=c4[n-]c(c(C)c4=C(O)[C@@H]3C(=O)OC)/C=c3\[n-]/c(c(C)c3CC)=C\2)[C@@H](CCC(=O)O)[C@@H]1C.[Mg+2]. The van der Waals surface area contributed by atoms with Gasteiger partial charge in [-0.15, -0.1) is 33.1 Å². The van der Waals surface area contributed by atoms with Crippen LogP contribution in [0.25, 0.3) is 35.6 Å². The maximum absolute atomic E-state index is 13.3. The number of aliphatic hydroxyl groups is 1. The van der Waals surface area contributed by atoms with E-state index >= 15 is 0 Å². The molecule has 2 aliphatic heterocycles. The number of ether oxygens (including phenoxy) is 1. The molecule has 234 valence electrons. The number of carboxylic acids is 1. The maximum atomic E-state index is 13.3. The fraction of sp³-hybridized carbons (Fsp3) is 0.343. The number of carboxylic acid groups (broad SMARTS) is 1. The molecule has 1 unspecified atom stereocenters. The number of aldehydes is 1. The zero-order valence-corrected chi connectivity index (χ0v) is 28.0. The maximum Gasteiger partial charge on any atom is 2.00 e. The van der Waals surface area contributed by atoms with Crippen LogP contribution in [0.3, 0.4) is 0 Å². The first-order valence-electron chi connectivity index (χ1n) is 15.1. The quantitative estimate of drug-likeness (QED) is 0.191. The number of aliphatic carboxylic acids is 1. The Balaban J connectivity index is 0.00000417. The van der Waals surface area contributed by atoms with Crippen LogP contribution in [-0.2, 0) is 20.7 Å². The van der Waals surface area contributed by atoms with Crippen LogP contribution in [0.2, 0.25) is 0 Å². The van der Waals surface area contributed by atoms with Gasteiger partial charge in [-0.25, -0.2) is 0 Å². The average Bonchev–Trinajstić information content (AvgIpc) is 3.76. The Morgan fingerprint density at radius 2 is 1.74 bits per heavy atom. The molecule has 4 atom stereocenters. The van der Waals surface area contributed by atoms with Gasteiger partial charge in [-0.2, -0.15) is 0 Å². The van der Waals surface area contributed by atoms with E-state index < -0.39 is 23.9 Å². The van der Waals surface area contributed by atoms with E-state index in [2.05, 4.69) is 18.8 Å². The van der Waals surface area contributed by atoms with Crippen LogP contribution in [0.4, 0.5) is 0 Å². The average molecular weight is 632 g/mol. The molecule has 0 radical (unpaired) electrons. The Hall–Kier alpha value is -4.22. The van der Waals surface area contributed by atoms with E-state index in [-0.39, 0.29) is 47.1 Å². The van der Waals surface area contributed by atoms with E-state index in [0.717, 1.165) is 28.5 Å². The summed E-state index contributed by atoms with van der Waals surface area (Å²) < 4.78 is 5.16. The molecule has 1 fully saturated rings. The third-order valence-corrected chi connectivity index (χ3v) is 9.67. The second-order valence-electron chi connectivity index (χ2n) is 11.9. The molecule has 10 nitrogen and oxygen atoms in total. The molecule has 3 aromatic heterocycles. The van der Waals surface area contributed by atoms with Crippen molar-refractivity contribution in [2.75, 3.05) is 7.11 Å². The van der Waals surface area contributed by atoms with Gasteiger partial charge in [-0.3, -0.25) is 14.4 Å². The number of nitrogens with one attached hydrogen (secondary N) is 1. The minimum absolute atomic E-state index is 0. The zero-order chi connectivity index (χ0) is 32.3. The van der Waals surface area contributed by atoms with Crippen LogP contribution in [-0.4, -0.2) is 64.6 Å². The van der Waals surface area contributed by atoms with E-state index in [1.807, 2.05) is 39.0 Å². The van der Waals surface area contributed by atoms with Crippen LogP contribution in [0.1, 0.15) is 76.4 Å². The second kappa shape index (κ2) is 12.5. The Kier molecular flexibility index (Phi) is 9.02. The fourth-order valence-electron chi connectivity index (χ4n) is 7.29. The smallest absolute Gasteiger partial charge is 0.657 e. The van der Waals surface area contributed by atoms with Crippen molar-refractivity contribution in [3.05, 3.63) is 78.4 Å². The number of nitrogens with zero attached hydrogens (tertiary/aromatic N) is 3. The van der Waals surface area contributed by atoms with Gasteiger partial charge in [-0.1, -0.05) is 61.4 Å². The van der Waals surface area contributed by atoms with Crippen molar-refractivity contribution in [1.29, 1.82) is 0 Å². The van der Waals surface area contributed by atoms with Crippen molar-refractivity contribution in [1.82, 2.24) is 20.3 Å². The van der Waals surface area contributed by atoms with Gasteiger partial charge in [0, 0.05) is 28.8 Å². The number of rotatable bonds is 7. The first-order chi connectivity index (χ1) is 21.5. The molecule has 1 aliphatic carbocycles. The Bertz CT molecular complexity index is 2080. The monoisotopic (exact) mass is 631 g/mol. The number of hydrogen-bond donors (Lipinski definition) is 3. The summed E-state index contributed by atoms with van der Waals surface area (Å²) in [6.45, 7) is 11.8.